The lowest BCUT2D eigenvalue weighted by Crippen LogP contribution is -2.34. The zero-order valence-corrected chi connectivity index (χ0v) is 17.7. The van der Waals surface area contributed by atoms with Crippen LogP contribution in [0.15, 0.2) is 36.4 Å². The van der Waals surface area contributed by atoms with Crippen LogP contribution < -0.4 is 9.64 Å². The predicted molar refractivity (Wildman–Crippen MR) is 118 cm³/mol. The monoisotopic (exact) mass is 441 g/mol. The molecule has 0 amide bonds. The molecule has 3 aliphatic heterocycles. The van der Waals surface area contributed by atoms with Crippen LogP contribution in [0, 0.1) is 0 Å². The van der Waals surface area contributed by atoms with Crippen LogP contribution in [0.5, 0.6) is 5.88 Å². The van der Waals surface area contributed by atoms with E-state index in [4.69, 9.17) is 30.8 Å². The van der Waals surface area contributed by atoms with Gasteiger partial charge in [0, 0.05) is 30.4 Å². The van der Waals surface area contributed by atoms with Crippen molar-refractivity contribution in [3.05, 3.63) is 41.4 Å². The average Bonchev–Trinajstić information content (AvgIpc) is 3.55. The fraction of sp³-hybridized carbons (Fsp3) is 0.435. The van der Waals surface area contributed by atoms with Gasteiger partial charge in [-0.3, -0.25) is 0 Å². The highest BCUT2D eigenvalue weighted by Crippen LogP contribution is 2.34. The van der Waals surface area contributed by atoms with Crippen molar-refractivity contribution in [1.82, 2.24) is 9.97 Å². The molecule has 0 aliphatic carbocycles. The SMILES string of the molecule is OC1CO[C@@H]2C(Oc3cc4nc(-c5ccc(N6CCCC6)cc5)c(Cl)cc4[nH]3)CO[C@H]12. The van der Waals surface area contributed by atoms with Gasteiger partial charge in [0.25, 0.3) is 0 Å². The molecule has 3 fully saturated rings. The molecule has 162 valence electrons. The average molecular weight is 442 g/mol. The Balaban J connectivity index is 1.24. The third-order valence-corrected chi connectivity index (χ3v) is 6.69. The number of rotatable bonds is 4. The number of fused-ring (bicyclic) bond motifs is 2. The predicted octanol–water partition coefficient (Wildman–Crippen LogP) is 3.39. The highest BCUT2D eigenvalue weighted by Gasteiger charge is 2.48. The smallest absolute Gasteiger partial charge is 0.193 e. The molecular formula is C23H24ClN3O4. The molecule has 2 N–H and O–H groups in total. The van der Waals surface area contributed by atoms with Gasteiger partial charge in [-0.15, -0.1) is 0 Å². The maximum atomic E-state index is 9.90. The second-order valence-electron chi connectivity index (χ2n) is 8.45. The number of hydrogen-bond donors (Lipinski definition) is 2. The van der Waals surface area contributed by atoms with Crippen LogP contribution in [0.4, 0.5) is 5.69 Å². The number of aromatic amines is 1. The molecule has 2 unspecified atom stereocenters. The zero-order valence-electron chi connectivity index (χ0n) is 17.0. The highest BCUT2D eigenvalue weighted by atomic mass is 35.5. The first-order chi connectivity index (χ1) is 15.2. The summed E-state index contributed by atoms with van der Waals surface area (Å²) in [7, 11) is 0. The van der Waals surface area contributed by atoms with Gasteiger partial charge in [-0.1, -0.05) is 23.7 Å². The number of pyridine rings is 1. The molecule has 0 saturated carbocycles. The summed E-state index contributed by atoms with van der Waals surface area (Å²) in [4.78, 5) is 10.4. The third-order valence-electron chi connectivity index (χ3n) is 6.40. The van der Waals surface area contributed by atoms with Crippen LogP contribution in [0.3, 0.4) is 0 Å². The van der Waals surface area contributed by atoms with Crippen LogP contribution in [0.25, 0.3) is 22.3 Å². The zero-order chi connectivity index (χ0) is 20.9. The summed E-state index contributed by atoms with van der Waals surface area (Å²) in [6, 6.07) is 12.2. The van der Waals surface area contributed by atoms with E-state index in [1.807, 2.05) is 12.1 Å². The molecule has 0 spiro atoms. The van der Waals surface area contributed by atoms with Gasteiger partial charge >= 0.3 is 0 Å². The van der Waals surface area contributed by atoms with Crippen LogP contribution >= 0.6 is 11.6 Å². The lowest BCUT2D eigenvalue weighted by molar-refractivity contribution is 0.00794. The van der Waals surface area contributed by atoms with Crippen LogP contribution in [-0.4, -0.2) is 65.8 Å². The molecule has 31 heavy (non-hydrogen) atoms. The van der Waals surface area contributed by atoms with Crippen molar-refractivity contribution >= 4 is 28.3 Å². The number of aliphatic hydroxyl groups excluding tert-OH is 1. The van der Waals surface area contributed by atoms with E-state index >= 15 is 0 Å². The molecule has 4 atom stereocenters. The van der Waals surface area contributed by atoms with Crippen molar-refractivity contribution in [3.8, 4) is 17.1 Å². The fourth-order valence-electron chi connectivity index (χ4n) is 4.79. The Labute approximate surface area is 184 Å². The normalized spacial score (nSPS) is 27.9. The number of ether oxygens (including phenoxy) is 3. The molecule has 3 saturated heterocycles. The van der Waals surface area contributed by atoms with Crippen molar-refractivity contribution in [2.45, 2.75) is 37.3 Å². The summed E-state index contributed by atoms with van der Waals surface area (Å²) >= 11 is 6.57. The van der Waals surface area contributed by atoms with E-state index in [0.29, 0.717) is 17.5 Å². The molecule has 2 aromatic heterocycles. The molecule has 1 aromatic carbocycles. The number of aliphatic hydroxyl groups is 1. The summed E-state index contributed by atoms with van der Waals surface area (Å²) in [5.74, 6) is 0.583. The van der Waals surface area contributed by atoms with E-state index in [2.05, 4.69) is 34.1 Å². The second-order valence-corrected chi connectivity index (χ2v) is 8.85. The Morgan fingerprint density at radius 1 is 1.06 bits per heavy atom. The summed E-state index contributed by atoms with van der Waals surface area (Å²) < 4.78 is 17.3. The summed E-state index contributed by atoms with van der Waals surface area (Å²) in [6.07, 6.45) is 1.06. The van der Waals surface area contributed by atoms with Gasteiger partial charge in [-0.2, -0.15) is 0 Å². The van der Waals surface area contributed by atoms with Gasteiger partial charge in [-0.25, -0.2) is 4.98 Å². The number of anilines is 1. The maximum Gasteiger partial charge on any atom is 0.193 e. The number of hydrogen-bond acceptors (Lipinski definition) is 6. The summed E-state index contributed by atoms with van der Waals surface area (Å²) in [6.45, 7) is 2.89. The number of benzene rings is 1. The van der Waals surface area contributed by atoms with E-state index in [1.165, 1.54) is 18.5 Å². The quantitative estimate of drug-likeness (QED) is 0.646. The molecule has 0 bridgehead atoms. The van der Waals surface area contributed by atoms with Crippen molar-refractivity contribution < 1.29 is 19.3 Å². The fourth-order valence-corrected chi connectivity index (χ4v) is 5.05. The first kappa shape index (κ1) is 19.4. The highest BCUT2D eigenvalue weighted by molar-refractivity contribution is 6.33. The lowest BCUT2D eigenvalue weighted by atomic mass is 10.1. The Morgan fingerprint density at radius 3 is 2.65 bits per heavy atom. The topological polar surface area (TPSA) is 79.8 Å². The van der Waals surface area contributed by atoms with Crippen LogP contribution in [0.2, 0.25) is 5.02 Å². The lowest BCUT2D eigenvalue weighted by Gasteiger charge is -2.17. The number of aromatic nitrogens is 2. The molecular weight excluding hydrogens is 418 g/mol. The minimum absolute atomic E-state index is 0.261. The van der Waals surface area contributed by atoms with E-state index < -0.39 is 6.10 Å². The Bertz CT molecular complexity index is 1100. The summed E-state index contributed by atoms with van der Waals surface area (Å²) in [5, 5.41) is 10.5. The van der Waals surface area contributed by atoms with Gasteiger partial charge in [0.1, 0.15) is 18.3 Å². The van der Waals surface area contributed by atoms with E-state index in [9.17, 15) is 5.11 Å². The number of nitrogens with zero attached hydrogens (tertiary/aromatic N) is 2. The number of nitrogens with one attached hydrogen (secondary N) is 1. The van der Waals surface area contributed by atoms with Crippen molar-refractivity contribution in [3.63, 3.8) is 0 Å². The number of H-pyrrole nitrogens is 1. The first-order valence-corrected chi connectivity index (χ1v) is 11.2. The van der Waals surface area contributed by atoms with Gasteiger partial charge < -0.3 is 29.2 Å². The molecule has 7 nitrogen and oxygen atoms in total. The summed E-state index contributed by atoms with van der Waals surface area (Å²) in [5.41, 5.74) is 4.56. The first-order valence-electron chi connectivity index (χ1n) is 10.8. The minimum atomic E-state index is -0.596. The van der Waals surface area contributed by atoms with E-state index in [0.717, 1.165) is 35.4 Å². The van der Waals surface area contributed by atoms with Gasteiger partial charge in [0.2, 0.25) is 0 Å². The second kappa shape index (κ2) is 7.67. The van der Waals surface area contributed by atoms with Gasteiger partial charge in [-0.05, 0) is 31.0 Å². The molecule has 3 aliphatic rings. The van der Waals surface area contributed by atoms with Gasteiger partial charge in [0.15, 0.2) is 12.0 Å². The van der Waals surface area contributed by atoms with Crippen molar-refractivity contribution in [2.24, 2.45) is 0 Å². The molecule has 5 heterocycles. The Hall–Kier alpha value is -2.32. The van der Waals surface area contributed by atoms with Crippen LogP contribution in [-0.2, 0) is 9.47 Å². The molecule has 3 aromatic rings. The van der Waals surface area contributed by atoms with Crippen molar-refractivity contribution in [2.75, 3.05) is 31.2 Å². The van der Waals surface area contributed by atoms with Crippen molar-refractivity contribution in [1.29, 1.82) is 0 Å². The van der Waals surface area contributed by atoms with Gasteiger partial charge in [0.05, 0.1) is 35.0 Å². The Morgan fingerprint density at radius 2 is 1.84 bits per heavy atom. The minimum Gasteiger partial charge on any atom is -0.470 e. The van der Waals surface area contributed by atoms with E-state index in [1.54, 1.807) is 0 Å². The molecule has 6 rings (SSSR count). The molecule has 8 heteroatoms. The van der Waals surface area contributed by atoms with E-state index in [-0.39, 0.29) is 24.9 Å². The largest absolute Gasteiger partial charge is 0.470 e. The Kier molecular flexibility index (Phi) is 4.79. The molecule has 0 radical (unpaired) electrons. The third kappa shape index (κ3) is 3.46. The standard InChI is InChI=1S/C23H24ClN3O4/c24-15-9-16-17(10-20(25-16)31-19-12-30-22-18(28)11-29-23(19)22)26-21(15)13-3-5-14(6-4-13)27-7-1-2-8-27/h3-6,9-10,18-19,22-23,25,28H,1-2,7-8,11-12H2/t18?,19?,22-,23-/m1/s1. The number of halogens is 1. The maximum absolute atomic E-state index is 9.90. The van der Waals surface area contributed by atoms with Crippen LogP contribution in [0.1, 0.15) is 12.8 Å².